The van der Waals surface area contributed by atoms with Gasteiger partial charge in [-0.3, -0.25) is 19.7 Å². The summed E-state index contributed by atoms with van der Waals surface area (Å²) in [7, 11) is 0. The van der Waals surface area contributed by atoms with Crippen molar-refractivity contribution in [2.75, 3.05) is 39.6 Å². The summed E-state index contributed by atoms with van der Waals surface area (Å²) < 4.78 is 10.3. The van der Waals surface area contributed by atoms with Gasteiger partial charge in [-0.15, -0.1) is 0 Å². The largest absolute Gasteiger partial charge is 0.481 e. The fourth-order valence-corrected chi connectivity index (χ4v) is 1.96. The van der Waals surface area contributed by atoms with E-state index in [1.54, 1.807) is 12.2 Å². The molecule has 6 amide bonds. The zero-order valence-electron chi connectivity index (χ0n) is 16.6. The average Bonchev–Trinajstić information content (AvgIpc) is 2.65. The van der Waals surface area contributed by atoms with Crippen LogP contribution in [0.15, 0.2) is 0 Å². The number of nitrogens with one attached hydrogen (secondary N) is 4. The van der Waals surface area contributed by atoms with E-state index in [9.17, 15) is 24.0 Å². The first kappa shape index (κ1) is 27.0. The molecular weight excluding hydrogens is 406 g/mol. The van der Waals surface area contributed by atoms with E-state index in [1.807, 2.05) is 0 Å². The predicted octanol–water partition coefficient (Wildman–Crippen LogP) is -2.76. The number of carbonyl (C=O) groups is 5. The topological polar surface area (TPSA) is 218 Å². The molecule has 14 nitrogen and oxygen atoms in total. The molecule has 0 aliphatic rings. The van der Waals surface area contributed by atoms with Gasteiger partial charge in [-0.2, -0.15) is 0 Å². The van der Waals surface area contributed by atoms with E-state index in [1.165, 1.54) is 0 Å². The molecule has 0 spiro atoms. The first-order valence-electron chi connectivity index (χ1n) is 9.07. The van der Waals surface area contributed by atoms with Gasteiger partial charge >= 0.3 is 18.0 Å². The number of aliphatic hydroxyl groups excluding tert-OH is 1. The number of hydrogen-bond donors (Lipinski definition) is 7. The van der Waals surface area contributed by atoms with Crippen molar-refractivity contribution in [1.82, 2.24) is 21.3 Å². The van der Waals surface area contributed by atoms with Crippen LogP contribution in [0.25, 0.3) is 0 Å². The van der Waals surface area contributed by atoms with Gasteiger partial charge in [0.15, 0.2) is 0 Å². The molecule has 0 saturated heterocycles. The Labute approximate surface area is 172 Å². The molecule has 0 saturated carbocycles. The number of rotatable bonds is 15. The molecule has 30 heavy (non-hydrogen) atoms. The number of carboxylic acids is 1. The Bertz CT molecular complexity index is 587. The molecule has 2 atom stereocenters. The van der Waals surface area contributed by atoms with Gasteiger partial charge in [0.25, 0.3) is 0 Å². The molecular formula is C16H29N5O9. The van der Waals surface area contributed by atoms with Crippen LogP contribution < -0.4 is 27.0 Å². The maximum atomic E-state index is 12.1. The quantitative estimate of drug-likeness (QED) is 0.132. The Morgan fingerprint density at radius 2 is 1.70 bits per heavy atom. The van der Waals surface area contributed by atoms with Crippen LogP contribution in [0, 0.1) is 0 Å². The fourth-order valence-electron chi connectivity index (χ4n) is 1.96. The van der Waals surface area contributed by atoms with Gasteiger partial charge < -0.3 is 41.4 Å². The molecule has 0 bridgehead atoms. The van der Waals surface area contributed by atoms with Gasteiger partial charge in [0.05, 0.1) is 26.4 Å². The van der Waals surface area contributed by atoms with Gasteiger partial charge in [0.2, 0.25) is 11.8 Å². The molecule has 0 aromatic rings. The molecule has 172 valence electrons. The van der Waals surface area contributed by atoms with Crippen molar-refractivity contribution in [3.63, 3.8) is 0 Å². The Morgan fingerprint density at radius 1 is 1.03 bits per heavy atom. The Kier molecular flexibility index (Phi) is 14.3. The standard InChI is InChI=1S/C16H29N5O9/c1-10(8-22)19-12(23)9-30-7-6-29-5-4-18-14(26)11(2-3-13(24)25)20-16(28)21-15(17)27/h10-11,22H,2-9H2,1H3,(H,18,26)(H,19,23)(H,24,25)(H4,17,20,21,27,28). The minimum Gasteiger partial charge on any atom is -0.481 e. The molecule has 0 radical (unpaired) electrons. The summed E-state index contributed by atoms with van der Waals surface area (Å²) in [6.45, 7) is 1.72. The third-order valence-electron chi connectivity index (χ3n) is 3.34. The van der Waals surface area contributed by atoms with E-state index in [0.29, 0.717) is 0 Å². The minimum absolute atomic E-state index is 0.0655. The zero-order chi connectivity index (χ0) is 22.9. The van der Waals surface area contributed by atoms with Crippen LogP contribution in [0.3, 0.4) is 0 Å². The van der Waals surface area contributed by atoms with E-state index in [4.69, 9.17) is 25.4 Å². The van der Waals surface area contributed by atoms with Crippen LogP contribution in [-0.4, -0.2) is 91.7 Å². The minimum atomic E-state index is -1.19. The lowest BCUT2D eigenvalue weighted by Gasteiger charge is -2.17. The summed E-state index contributed by atoms with van der Waals surface area (Å²) in [5.41, 5.74) is 4.80. The van der Waals surface area contributed by atoms with E-state index in [2.05, 4.69) is 16.0 Å². The van der Waals surface area contributed by atoms with Gasteiger partial charge in [-0.25, -0.2) is 9.59 Å². The Morgan fingerprint density at radius 3 is 2.30 bits per heavy atom. The molecule has 0 aromatic carbocycles. The number of ether oxygens (including phenoxy) is 2. The first-order chi connectivity index (χ1) is 14.1. The van der Waals surface area contributed by atoms with Crippen molar-refractivity contribution in [2.24, 2.45) is 5.73 Å². The van der Waals surface area contributed by atoms with Crippen LogP contribution in [-0.2, 0) is 23.9 Å². The molecule has 8 N–H and O–H groups in total. The van der Waals surface area contributed by atoms with Crippen LogP contribution >= 0.6 is 0 Å². The third-order valence-corrected chi connectivity index (χ3v) is 3.34. The number of aliphatic hydroxyl groups is 1. The summed E-state index contributed by atoms with van der Waals surface area (Å²) >= 11 is 0. The number of amides is 6. The number of primary amides is 1. The van der Waals surface area contributed by atoms with Gasteiger partial charge in [-0.05, 0) is 13.3 Å². The summed E-state index contributed by atoms with van der Waals surface area (Å²) in [5.74, 6) is -2.19. The van der Waals surface area contributed by atoms with Crippen molar-refractivity contribution >= 4 is 29.8 Å². The highest BCUT2D eigenvalue weighted by Crippen LogP contribution is 1.98. The number of nitrogens with two attached hydrogens (primary N) is 1. The number of urea groups is 2. The fraction of sp³-hybridized carbons (Fsp3) is 0.688. The first-order valence-corrected chi connectivity index (χ1v) is 9.07. The lowest BCUT2D eigenvalue weighted by molar-refractivity contribution is -0.137. The number of hydrogen-bond acceptors (Lipinski definition) is 8. The average molecular weight is 435 g/mol. The number of aliphatic carboxylic acids is 1. The molecule has 0 aromatic heterocycles. The highest BCUT2D eigenvalue weighted by atomic mass is 16.5. The van der Waals surface area contributed by atoms with Crippen molar-refractivity contribution < 1.29 is 43.7 Å². The molecule has 0 aliphatic carbocycles. The maximum Gasteiger partial charge on any atom is 0.323 e. The van der Waals surface area contributed by atoms with E-state index < -0.39 is 30.0 Å². The highest BCUT2D eigenvalue weighted by molar-refractivity contribution is 5.95. The third kappa shape index (κ3) is 15.0. The molecule has 0 heterocycles. The van der Waals surface area contributed by atoms with Crippen molar-refractivity contribution in [3.05, 3.63) is 0 Å². The predicted molar refractivity (Wildman–Crippen MR) is 101 cm³/mol. The van der Waals surface area contributed by atoms with Crippen molar-refractivity contribution in [3.8, 4) is 0 Å². The normalized spacial score (nSPS) is 12.3. The van der Waals surface area contributed by atoms with Crippen LogP contribution in [0.1, 0.15) is 19.8 Å². The van der Waals surface area contributed by atoms with Gasteiger partial charge in [0, 0.05) is 19.0 Å². The van der Waals surface area contributed by atoms with Crippen molar-refractivity contribution in [1.29, 1.82) is 0 Å². The number of imide groups is 1. The Hall–Kier alpha value is -2.97. The van der Waals surface area contributed by atoms with E-state index in [0.717, 1.165) is 0 Å². The monoisotopic (exact) mass is 435 g/mol. The molecule has 0 aliphatic heterocycles. The van der Waals surface area contributed by atoms with Crippen LogP contribution in [0.5, 0.6) is 0 Å². The second-order valence-electron chi connectivity index (χ2n) is 6.05. The van der Waals surface area contributed by atoms with Gasteiger partial charge in [-0.1, -0.05) is 0 Å². The maximum absolute atomic E-state index is 12.1. The van der Waals surface area contributed by atoms with Crippen molar-refractivity contribution in [2.45, 2.75) is 31.8 Å². The number of carboxylic acid groups (broad SMARTS) is 1. The summed E-state index contributed by atoms with van der Waals surface area (Å²) in [6, 6.07) is -3.71. The summed E-state index contributed by atoms with van der Waals surface area (Å²) in [5, 5.41) is 26.4. The van der Waals surface area contributed by atoms with Gasteiger partial charge in [0.1, 0.15) is 12.6 Å². The second-order valence-corrected chi connectivity index (χ2v) is 6.05. The lowest BCUT2D eigenvalue weighted by Crippen LogP contribution is -2.52. The lowest BCUT2D eigenvalue weighted by atomic mass is 10.1. The van der Waals surface area contributed by atoms with E-state index >= 15 is 0 Å². The summed E-state index contributed by atoms with van der Waals surface area (Å²) in [4.78, 5) is 56.3. The van der Waals surface area contributed by atoms with Crippen LogP contribution in [0.4, 0.5) is 9.59 Å². The second kappa shape index (κ2) is 15.9. The molecule has 0 fully saturated rings. The Balaban J connectivity index is 4.06. The number of carbonyl (C=O) groups excluding carboxylic acids is 4. The highest BCUT2D eigenvalue weighted by Gasteiger charge is 2.22. The zero-order valence-corrected chi connectivity index (χ0v) is 16.6. The summed E-state index contributed by atoms with van der Waals surface area (Å²) in [6.07, 6.45) is -0.577. The molecule has 14 heteroatoms. The molecule has 2 unspecified atom stereocenters. The molecule has 0 rings (SSSR count). The van der Waals surface area contributed by atoms with Crippen LogP contribution in [0.2, 0.25) is 0 Å². The SMILES string of the molecule is CC(CO)NC(=O)COCCOCCNC(=O)C(CCC(=O)O)NC(=O)NC(N)=O. The van der Waals surface area contributed by atoms with E-state index in [-0.39, 0.29) is 64.4 Å². The smallest absolute Gasteiger partial charge is 0.323 e.